The molecule has 2 rings (SSSR count). The molecule has 20 heavy (non-hydrogen) atoms. The van der Waals surface area contributed by atoms with E-state index in [1.54, 1.807) is 6.20 Å². The Kier molecular flexibility index (Phi) is 5.23. The molecule has 1 unspecified atom stereocenters. The summed E-state index contributed by atoms with van der Waals surface area (Å²) in [4.78, 5) is 21.2. The van der Waals surface area contributed by atoms with Crippen LogP contribution >= 0.6 is 11.8 Å². The fourth-order valence-corrected chi connectivity index (χ4v) is 3.22. The van der Waals surface area contributed by atoms with Crippen LogP contribution in [0.4, 0.5) is 5.69 Å². The molecule has 1 amide bonds. The monoisotopic (exact) mass is 294 g/mol. The molecule has 1 aliphatic rings. The summed E-state index contributed by atoms with van der Waals surface area (Å²) in [7, 11) is 0. The van der Waals surface area contributed by atoms with Gasteiger partial charge < -0.3 is 10.6 Å². The van der Waals surface area contributed by atoms with Crippen molar-refractivity contribution in [1.29, 1.82) is 0 Å². The van der Waals surface area contributed by atoms with Gasteiger partial charge in [0.25, 0.3) is 5.91 Å². The highest BCUT2D eigenvalue weighted by Crippen LogP contribution is 2.20. The van der Waals surface area contributed by atoms with Gasteiger partial charge in [-0.2, -0.15) is 11.8 Å². The number of aromatic nitrogens is 2. The Morgan fingerprint density at radius 1 is 1.55 bits per heavy atom. The molecule has 2 N–H and O–H groups in total. The van der Waals surface area contributed by atoms with Crippen LogP contribution in [0.1, 0.15) is 49.4 Å². The molecule has 0 aliphatic carbocycles. The Morgan fingerprint density at radius 3 is 2.95 bits per heavy atom. The predicted octanol–water partition coefficient (Wildman–Crippen LogP) is 2.27. The molecule has 2 heterocycles. The van der Waals surface area contributed by atoms with Crippen molar-refractivity contribution in [2.45, 2.75) is 39.2 Å². The average Bonchev–Trinajstić information content (AvgIpc) is 2.92. The van der Waals surface area contributed by atoms with Gasteiger partial charge in [0.1, 0.15) is 5.82 Å². The van der Waals surface area contributed by atoms with Crippen molar-refractivity contribution in [2.24, 2.45) is 0 Å². The number of carbonyl (C=O) groups excluding carboxylic acids is 1. The van der Waals surface area contributed by atoms with Gasteiger partial charge >= 0.3 is 0 Å². The minimum absolute atomic E-state index is 0.0993. The summed E-state index contributed by atoms with van der Waals surface area (Å²) >= 11 is 1.88. The van der Waals surface area contributed by atoms with Gasteiger partial charge in [0, 0.05) is 24.3 Å². The fourth-order valence-electron chi connectivity index (χ4n) is 2.07. The highest BCUT2D eigenvalue weighted by Gasteiger charge is 2.22. The van der Waals surface area contributed by atoms with Crippen molar-refractivity contribution < 1.29 is 4.79 Å². The summed E-state index contributed by atoms with van der Waals surface area (Å²) in [5, 5.41) is 6.23. The number of rotatable bonds is 5. The van der Waals surface area contributed by atoms with Crippen LogP contribution in [0.3, 0.4) is 0 Å². The van der Waals surface area contributed by atoms with Crippen LogP contribution in [0.25, 0.3) is 0 Å². The minimum atomic E-state index is -0.0993. The van der Waals surface area contributed by atoms with Crippen LogP contribution in [-0.4, -0.2) is 40.0 Å². The van der Waals surface area contributed by atoms with Crippen LogP contribution in [0.2, 0.25) is 0 Å². The topological polar surface area (TPSA) is 66.9 Å². The molecule has 5 nitrogen and oxygen atoms in total. The number of carbonyl (C=O) groups is 1. The summed E-state index contributed by atoms with van der Waals surface area (Å²) in [6.07, 6.45) is 2.75. The molecule has 1 saturated heterocycles. The lowest BCUT2D eigenvalue weighted by molar-refractivity contribution is 0.0936. The molecule has 1 fully saturated rings. The molecule has 0 aromatic carbocycles. The quantitative estimate of drug-likeness (QED) is 0.872. The van der Waals surface area contributed by atoms with Crippen LogP contribution < -0.4 is 10.6 Å². The van der Waals surface area contributed by atoms with E-state index >= 15 is 0 Å². The SMILES string of the molecule is CCNc1cnc(C(C)C)nc1C(=O)NC1CCSC1. The van der Waals surface area contributed by atoms with Crippen molar-refractivity contribution in [2.75, 3.05) is 23.4 Å². The normalized spacial score (nSPS) is 18.3. The summed E-state index contributed by atoms with van der Waals surface area (Å²) in [6, 6.07) is 0.263. The molecule has 1 aromatic heterocycles. The lowest BCUT2D eigenvalue weighted by Gasteiger charge is -2.15. The molecule has 0 spiro atoms. The van der Waals surface area contributed by atoms with Gasteiger partial charge in [-0.1, -0.05) is 13.8 Å². The zero-order valence-electron chi connectivity index (χ0n) is 12.3. The van der Waals surface area contributed by atoms with Crippen molar-refractivity contribution in [3.8, 4) is 0 Å². The first kappa shape index (κ1) is 15.1. The second-order valence-corrected chi connectivity index (χ2v) is 6.36. The summed E-state index contributed by atoms with van der Waals surface area (Å²) in [5.41, 5.74) is 1.17. The number of hydrogen-bond donors (Lipinski definition) is 2. The molecule has 1 aromatic rings. The van der Waals surface area contributed by atoms with Gasteiger partial charge in [0.2, 0.25) is 0 Å². The van der Waals surface area contributed by atoms with E-state index in [-0.39, 0.29) is 17.9 Å². The highest BCUT2D eigenvalue weighted by molar-refractivity contribution is 7.99. The van der Waals surface area contributed by atoms with E-state index in [1.807, 2.05) is 32.5 Å². The summed E-state index contributed by atoms with van der Waals surface area (Å²) < 4.78 is 0. The first-order chi connectivity index (χ1) is 9.61. The molecule has 0 radical (unpaired) electrons. The molecule has 6 heteroatoms. The van der Waals surface area contributed by atoms with Gasteiger partial charge in [0.15, 0.2) is 5.69 Å². The van der Waals surface area contributed by atoms with E-state index < -0.39 is 0 Å². The Bertz CT molecular complexity index is 472. The van der Waals surface area contributed by atoms with E-state index in [1.165, 1.54) is 0 Å². The lowest BCUT2D eigenvalue weighted by atomic mass is 10.2. The summed E-state index contributed by atoms with van der Waals surface area (Å²) in [5.74, 6) is 2.92. The van der Waals surface area contributed by atoms with Crippen LogP contribution in [-0.2, 0) is 0 Å². The first-order valence-corrected chi connectivity index (χ1v) is 8.26. The molecule has 1 aliphatic heterocycles. The zero-order chi connectivity index (χ0) is 14.5. The van der Waals surface area contributed by atoms with Crippen LogP contribution in [0.15, 0.2) is 6.20 Å². The number of nitrogens with zero attached hydrogens (tertiary/aromatic N) is 2. The lowest BCUT2D eigenvalue weighted by Crippen LogP contribution is -2.35. The molecular formula is C14H22N4OS. The number of anilines is 1. The van der Waals surface area contributed by atoms with E-state index in [9.17, 15) is 4.79 Å². The molecule has 0 saturated carbocycles. The smallest absolute Gasteiger partial charge is 0.272 e. The minimum Gasteiger partial charge on any atom is -0.382 e. The standard InChI is InChI=1S/C14H22N4OS/c1-4-15-11-7-16-13(9(2)3)18-12(11)14(19)17-10-5-6-20-8-10/h7,9-10,15H,4-6,8H2,1-3H3,(H,17,19). The average molecular weight is 294 g/mol. The number of hydrogen-bond acceptors (Lipinski definition) is 5. The number of amides is 1. The summed E-state index contributed by atoms with van der Waals surface area (Å²) in [6.45, 7) is 6.78. The number of thioether (sulfide) groups is 1. The number of nitrogens with one attached hydrogen (secondary N) is 2. The Morgan fingerprint density at radius 2 is 2.35 bits per heavy atom. The Labute approximate surface area is 124 Å². The Balaban J connectivity index is 2.21. The van der Waals surface area contributed by atoms with Crippen molar-refractivity contribution >= 4 is 23.4 Å². The second kappa shape index (κ2) is 6.92. The highest BCUT2D eigenvalue weighted by atomic mass is 32.2. The third-order valence-electron chi connectivity index (χ3n) is 3.17. The van der Waals surface area contributed by atoms with Gasteiger partial charge in [-0.25, -0.2) is 9.97 Å². The van der Waals surface area contributed by atoms with Gasteiger partial charge in [-0.05, 0) is 19.1 Å². The maximum atomic E-state index is 12.4. The largest absolute Gasteiger partial charge is 0.382 e. The van der Waals surface area contributed by atoms with Crippen molar-refractivity contribution in [3.05, 3.63) is 17.7 Å². The maximum Gasteiger partial charge on any atom is 0.272 e. The first-order valence-electron chi connectivity index (χ1n) is 7.11. The molecule has 0 bridgehead atoms. The molecule has 110 valence electrons. The van der Waals surface area contributed by atoms with E-state index in [2.05, 4.69) is 20.6 Å². The zero-order valence-corrected chi connectivity index (χ0v) is 13.1. The van der Waals surface area contributed by atoms with Crippen LogP contribution in [0.5, 0.6) is 0 Å². The van der Waals surface area contributed by atoms with Crippen LogP contribution in [0, 0.1) is 0 Å². The van der Waals surface area contributed by atoms with Gasteiger partial charge in [0.05, 0.1) is 11.9 Å². The molecule has 1 atom stereocenters. The Hall–Kier alpha value is -1.30. The van der Waals surface area contributed by atoms with E-state index in [0.29, 0.717) is 17.2 Å². The predicted molar refractivity (Wildman–Crippen MR) is 83.5 cm³/mol. The van der Waals surface area contributed by atoms with E-state index in [0.717, 1.165) is 24.5 Å². The molecular weight excluding hydrogens is 272 g/mol. The van der Waals surface area contributed by atoms with Gasteiger partial charge in [-0.3, -0.25) is 4.79 Å². The third-order valence-corrected chi connectivity index (χ3v) is 4.33. The van der Waals surface area contributed by atoms with Crippen molar-refractivity contribution in [1.82, 2.24) is 15.3 Å². The third kappa shape index (κ3) is 3.62. The second-order valence-electron chi connectivity index (χ2n) is 5.21. The van der Waals surface area contributed by atoms with Crippen molar-refractivity contribution in [3.63, 3.8) is 0 Å². The maximum absolute atomic E-state index is 12.4. The van der Waals surface area contributed by atoms with E-state index in [4.69, 9.17) is 0 Å². The fraction of sp³-hybridized carbons (Fsp3) is 0.643. The van der Waals surface area contributed by atoms with Gasteiger partial charge in [-0.15, -0.1) is 0 Å².